The van der Waals surface area contributed by atoms with Crippen molar-refractivity contribution in [3.8, 4) is 0 Å². The first-order valence-corrected chi connectivity index (χ1v) is 3.68. The van der Waals surface area contributed by atoms with E-state index in [0.717, 1.165) is 0 Å². The molecule has 0 aromatic rings. The Morgan fingerprint density at radius 2 is 1.55 bits per heavy atom. The van der Waals surface area contributed by atoms with Crippen molar-refractivity contribution in [1.29, 1.82) is 0 Å². The average Bonchev–Trinajstić information content (AvgIpc) is 2.38. The molecule has 0 amide bonds. The van der Waals surface area contributed by atoms with Crippen LogP contribution in [0.15, 0.2) is 12.2 Å². The molecule has 3 heteroatoms. The van der Waals surface area contributed by atoms with Crippen LogP contribution in [0.2, 0.25) is 0 Å². The van der Waals surface area contributed by atoms with E-state index in [9.17, 15) is 0 Å². The molecule has 11 heavy (non-hydrogen) atoms. The van der Waals surface area contributed by atoms with E-state index in [-0.39, 0.29) is 12.2 Å². The standard InChI is InChI=1S/C8H14O3/c1-9-5-7-3-4-8(11-7)6-10-2/h3-4,7-8H,5-6H2,1-2H3/t7-,8+. The van der Waals surface area contributed by atoms with Crippen molar-refractivity contribution in [2.45, 2.75) is 12.2 Å². The van der Waals surface area contributed by atoms with Crippen LogP contribution in [0.4, 0.5) is 0 Å². The highest BCUT2D eigenvalue weighted by atomic mass is 16.6. The van der Waals surface area contributed by atoms with Crippen molar-refractivity contribution in [3.05, 3.63) is 12.2 Å². The van der Waals surface area contributed by atoms with Crippen molar-refractivity contribution in [3.63, 3.8) is 0 Å². The summed E-state index contributed by atoms with van der Waals surface area (Å²) in [5.74, 6) is 0. The first-order valence-electron chi connectivity index (χ1n) is 3.68. The normalized spacial score (nSPS) is 29.6. The van der Waals surface area contributed by atoms with E-state index >= 15 is 0 Å². The summed E-state index contributed by atoms with van der Waals surface area (Å²) in [5.41, 5.74) is 0. The Labute approximate surface area is 66.9 Å². The van der Waals surface area contributed by atoms with Gasteiger partial charge in [0.25, 0.3) is 0 Å². The highest BCUT2D eigenvalue weighted by Crippen LogP contribution is 2.11. The molecule has 3 nitrogen and oxygen atoms in total. The van der Waals surface area contributed by atoms with E-state index < -0.39 is 0 Å². The quantitative estimate of drug-likeness (QED) is 0.561. The summed E-state index contributed by atoms with van der Waals surface area (Å²) in [4.78, 5) is 0. The maximum absolute atomic E-state index is 5.48. The molecular weight excluding hydrogens is 144 g/mol. The molecular formula is C8H14O3. The highest BCUT2D eigenvalue weighted by Gasteiger charge is 2.17. The number of hydrogen-bond donors (Lipinski definition) is 0. The molecule has 0 spiro atoms. The molecule has 2 atom stereocenters. The lowest BCUT2D eigenvalue weighted by Gasteiger charge is -2.11. The minimum atomic E-state index is 0.111. The molecule has 1 rings (SSSR count). The first-order chi connectivity index (χ1) is 5.36. The molecule has 0 N–H and O–H groups in total. The van der Waals surface area contributed by atoms with Crippen LogP contribution in [0.25, 0.3) is 0 Å². The second-order valence-electron chi connectivity index (χ2n) is 2.51. The van der Waals surface area contributed by atoms with Gasteiger partial charge >= 0.3 is 0 Å². The lowest BCUT2D eigenvalue weighted by molar-refractivity contribution is -0.0178. The number of hydrogen-bond acceptors (Lipinski definition) is 3. The van der Waals surface area contributed by atoms with Gasteiger partial charge in [-0.05, 0) is 0 Å². The highest BCUT2D eigenvalue weighted by molar-refractivity contribution is 5.02. The van der Waals surface area contributed by atoms with Crippen LogP contribution in [0.1, 0.15) is 0 Å². The van der Waals surface area contributed by atoms with Crippen LogP contribution in [-0.4, -0.2) is 39.6 Å². The number of ether oxygens (including phenoxy) is 3. The molecule has 0 aromatic heterocycles. The third-order valence-electron chi connectivity index (χ3n) is 1.55. The van der Waals surface area contributed by atoms with E-state index in [1.165, 1.54) is 0 Å². The molecule has 1 heterocycles. The smallest absolute Gasteiger partial charge is 0.0999 e. The fourth-order valence-corrected chi connectivity index (χ4v) is 1.08. The Bertz CT molecular complexity index is 119. The van der Waals surface area contributed by atoms with E-state index in [2.05, 4.69) is 0 Å². The van der Waals surface area contributed by atoms with Gasteiger partial charge in [0, 0.05) is 14.2 Å². The van der Waals surface area contributed by atoms with Gasteiger partial charge in [-0.1, -0.05) is 12.2 Å². The fourth-order valence-electron chi connectivity index (χ4n) is 1.08. The second kappa shape index (κ2) is 4.49. The van der Waals surface area contributed by atoms with Crippen LogP contribution >= 0.6 is 0 Å². The van der Waals surface area contributed by atoms with Crippen LogP contribution in [0, 0.1) is 0 Å². The monoisotopic (exact) mass is 158 g/mol. The summed E-state index contributed by atoms with van der Waals surface area (Å²) in [6.07, 6.45) is 4.24. The van der Waals surface area contributed by atoms with Gasteiger partial charge < -0.3 is 14.2 Å². The maximum atomic E-state index is 5.48. The SMILES string of the molecule is COC[C@H]1C=C[C@@H](COC)O1. The fraction of sp³-hybridized carbons (Fsp3) is 0.750. The molecule has 0 aromatic carbocycles. The summed E-state index contributed by atoms with van der Waals surface area (Å²) in [5, 5.41) is 0. The van der Waals surface area contributed by atoms with Gasteiger partial charge in [0.05, 0.1) is 25.4 Å². The largest absolute Gasteiger partial charge is 0.382 e. The van der Waals surface area contributed by atoms with E-state index in [4.69, 9.17) is 14.2 Å². The molecule has 0 unspecified atom stereocenters. The first kappa shape index (κ1) is 8.71. The number of rotatable bonds is 4. The molecule has 0 bridgehead atoms. The lowest BCUT2D eigenvalue weighted by Crippen LogP contribution is -2.20. The molecule has 1 aliphatic rings. The van der Waals surface area contributed by atoms with Gasteiger partial charge in [-0.2, -0.15) is 0 Å². The Morgan fingerprint density at radius 1 is 1.09 bits per heavy atom. The topological polar surface area (TPSA) is 27.7 Å². The van der Waals surface area contributed by atoms with Crippen LogP contribution in [-0.2, 0) is 14.2 Å². The lowest BCUT2D eigenvalue weighted by atomic mass is 10.3. The molecule has 0 fully saturated rings. The van der Waals surface area contributed by atoms with Gasteiger partial charge in [-0.3, -0.25) is 0 Å². The average molecular weight is 158 g/mol. The van der Waals surface area contributed by atoms with Crippen molar-refractivity contribution in [2.24, 2.45) is 0 Å². The summed E-state index contributed by atoms with van der Waals surface area (Å²) >= 11 is 0. The summed E-state index contributed by atoms with van der Waals surface area (Å²) < 4.78 is 15.4. The van der Waals surface area contributed by atoms with Gasteiger partial charge in [-0.15, -0.1) is 0 Å². The van der Waals surface area contributed by atoms with Crippen LogP contribution in [0.3, 0.4) is 0 Å². The van der Waals surface area contributed by atoms with E-state index in [1.807, 2.05) is 12.2 Å². The zero-order valence-electron chi connectivity index (χ0n) is 6.95. The van der Waals surface area contributed by atoms with Crippen molar-refractivity contribution >= 4 is 0 Å². The van der Waals surface area contributed by atoms with Gasteiger partial charge in [0.2, 0.25) is 0 Å². The van der Waals surface area contributed by atoms with Gasteiger partial charge in [-0.25, -0.2) is 0 Å². The third-order valence-corrected chi connectivity index (χ3v) is 1.55. The van der Waals surface area contributed by atoms with Gasteiger partial charge in [0.15, 0.2) is 0 Å². The summed E-state index contributed by atoms with van der Waals surface area (Å²) in [6.45, 7) is 1.24. The summed E-state index contributed by atoms with van der Waals surface area (Å²) in [6, 6.07) is 0. The third kappa shape index (κ3) is 2.61. The Hall–Kier alpha value is -0.380. The van der Waals surface area contributed by atoms with Gasteiger partial charge in [0.1, 0.15) is 0 Å². The molecule has 0 saturated heterocycles. The van der Waals surface area contributed by atoms with Crippen molar-refractivity contribution in [1.82, 2.24) is 0 Å². The molecule has 64 valence electrons. The predicted octanol–water partition coefficient (Wildman–Crippen LogP) is 0.603. The Kier molecular flexibility index (Phi) is 3.56. The zero-order chi connectivity index (χ0) is 8.10. The Balaban J connectivity index is 2.19. The molecule has 0 aliphatic carbocycles. The van der Waals surface area contributed by atoms with E-state index in [1.54, 1.807) is 14.2 Å². The predicted molar refractivity (Wildman–Crippen MR) is 41.6 cm³/mol. The molecule has 1 aliphatic heterocycles. The van der Waals surface area contributed by atoms with Crippen LogP contribution in [0.5, 0.6) is 0 Å². The second-order valence-corrected chi connectivity index (χ2v) is 2.51. The number of methoxy groups -OCH3 is 2. The maximum Gasteiger partial charge on any atom is 0.0999 e. The van der Waals surface area contributed by atoms with Crippen LogP contribution < -0.4 is 0 Å². The Morgan fingerprint density at radius 3 is 1.91 bits per heavy atom. The molecule has 0 radical (unpaired) electrons. The minimum Gasteiger partial charge on any atom is -0.382 e. The van der Waals surface area contributed by atoms with Crippen molar-refractivity contribution < 1.29 is 14.2 Å². The summed E-state index contributed by atoms with van der Waals surface area (Å²) in [7, 11) is 3.34. The van der Waals surface area contributed by atoms with E-state index in [0.29, 0.717) is 13.2 Å². The molecule has 0 saturated carbocycles. The minimum absolute atomic E-state index is 0.111. The zero-order valence-corrected chi connectivity index (χ0v) is 6.95. The van der Waals surface area contributed by atoms with Crippen molar-refractivity contribution in [2.75, 3.05) is 27.4 Å².